The minimum atomic E-state index is -1.70. The van der Waals surface area contributed by atoms with Crippen LogP contribution in [0.15, 0.2) is 53.2 Å². The number of rotatable bonds is 5. The molecule has 166 valence electrons. The van der Waals surface area contributed by atoms with Gasteiger partial charge in [-0.1, -0.05) is 11.2 Å². The van der Waals surface area contributed by atoms with E-state index in [0.29, 0.717) is 41.1 Å². The van der Waals surface area contributed by atoms with Gasteiger partial charge in [0.1, 0.15) is 5.69 Å². The average molecular weight is 444 g/mol. The quantitative estimate of drug-likeness (QED) is 0.469. The molecule has 1 amide bonds. The number of nitrogens with zero attached hydrogens (tertiary/aromatic N) is 7. The van der Waals surface area contributed by atoms with Crippen molar-refractivity contribution in [2.45, 2.75) is 18.9 Å². The van der Waals surface area contributed by atoms with Gasteiger partial charge in [0.25, 0.3) is 5.91 Å². The Morgan fingerprint density at radius 1 is 1.06 bits per heavy atom. The van der Waals surface area contributed by atoms with Crippen molar-refractivity contribution < 1.29 is 14.4 Å². The molecule has 0 bridgehead atoms. The van der Waals surface area contributed by atoms with Crippen molar-refractivity contribution in [2.75, 3.05) is 18.9 Å². The second-order valence-corrected chi connectivity index (χ2v) is 7.77. The molecule has 0 aromatic carbocycles. The lowest BCUT2D eigenvalue weighted by atomic mass is 9.98. The van der Waals surface area contributed by atoms with Gasteiger partial charge in [0.05, 0.1) is 22.8 Å². The monoisotopic (exact) mass is 444 g/mol. The van der Waals surface area contributed by atoms with Crippen LogP contribution in [0, 0.1) is 6.92 Å². The third-order valence-electron chi connectivity index (χ3n) is 5.39. The molecule has 11 heteroatoms. The van der Waals surface area contributed by atoms with Gasteiger partial charge >= 0.3 is 0 Å². The summed E-state index contributed by atoms with van der Waals surface area (Å²) in [6, 6.07) is 12.3. The molecule has 11 nitrogen and oxygen atoms in total. The van der Waals surface area contributed by atoms with Gasteiger partial charge in [-0.25, -0.2) is 15.0 Å². The van der Waals surface area contributed by atoms with E-state index in [2.05, 4.69) is 35.6 Å². The van der Waals surface area contributed by atoms with Crippen molar-refractivity contribution in [3.63, 3.8) is 0 Å². The molecule has 1 fully saturated rings. The summed E-state index contributed by atoms with van der Waals surface area (Å²) in [6.07, 6.45) is 1.86. The van der Waals surface area contributed by atoms with E-state index in [1.54, 1.807) is 37.5 Å². The fourth-order valence-electron chi connectivity index (χ4n) is 3.53. The number of pyridine rings is 1. The molecule has 33 heavy (non-hydrogen) atoms. The number of likely N-dealkylation sites (N-methyl/N-ethyl adjacent to an activating group) is 1. The zero-order chi connectivity index (χ0) is 23.0. The Morgan fingerprint density at radius 3 is 2.58 bits per heavy atom. The second kappa shape index (κ2) is 8.02. The Morgan fingerprint density at radius 2 is 1.85 bits per heavy atom. The number of anilines is 2. The molecule has 4 aromatic rings. The number of likely N-dealkylation sites (tertiary alicyclic amines) is 1. The third kappa shape index (κ3) is 3.89. The molecular formula is C22H20N8O3. The molecule has 1 aliphatic rings. The normalized spacial score (nSPS) is 18.0. The molecule has 4 aromatic heterocycles. The molecule has 0 spiro atoms. The first-order valence-electron chi connectivity index (χ1n) is 10.3. The summed E-state index contributed by atoms with van der Waals surface area (Å²) in [4.78, 5) is 27.2. The summed E-state index contributed by atoms with van der Waals surface area (Å²) >= 11 is 0. The maximum absolute atomic E-state index is 12.3. The summed E-state index contributed by atoms with van der Waals surface area (Å²) in [5, 5.41) is 25.9. The van der Waals surface area contributed by atoms with Crippen molar-refractivity contribution in [1.29, 1.82) is 0 Å². The summed E-state index contributed by atoms with van der Waals surface area (Å²) < 4.78 is 5.33. The van der Waals surface area contributed by atoms with Crippen LogP contribution in [0.2, 0.25) is 0 Å². The smallest absolute Gasteiger partial charge is 0.262 e. The van der Waals surface area contributed by atoms with Crippen LogP contribution < -0.4 is 5.32 Å². The lowest BCUT2D eigenvalue weighted by molar-refractivity contribution is -0.144. The van der Waals surface area contributed by atoms with Crippen LogP contribution in [0.3, 0.4) is 0 Å². The topological polar surface area (TPSA) is 143 Å². The van der Waals surface area contributed by atoms with E-state index < -0.39 is 11.5 Å². The SMILES string of the molecule is Cc1ccc(Nc2nccc(-c3cccc(-c4cc([C@]5(O)CCN(C)C5=O)on4)n3)n2)nn1. The Labute approximate surface area is 188 Å². The van der Waals surface area contributed by atoms with Crippen LogP contribution >= 0.6 is 0 Å². The minimum absolute atomic E-state index is 0.104. The Balaban J connectivity index is 1.41. The number of aliphatic hydroxyl groups is 1. The van der Waals surface area contributed by atoms with E-state index in [0.717, 1.165) is 5.69 Å². The Bertz CT molecular complexity index is 1320. The number of aryl methyl sites for hydroxylation is 1. The average Bonchev–Trinajstić information content (AvgIpc) is 3.43. The number of nitrogens with one attached hydrogen (secondary N) is 1. The van der Waals surface area contributed by atoms with Gasteiger partial charge in [0.15, 0.2) is 11.6 Å². The third-order valence-corrected chi connectivity index (χ3v) is 5.39. The number of hydrogen-bond donors (Lipinski definition) is 2. The van der Waals surface area contributed by atoms with Crippen LogP contribution in [0.1, 0.15) is 17.9 Å². The van der Waals surface area contributed by atoms with Gasteiger partial charge in [0.2, 0.25) is 11.5 Å². The minimum Gasteiger partial charge on any atom is -0.373 e. The number of amides is 1. The molecule has 1 aliphatic heterocycles. The van der Waals surface area contributed by atoms with Crippen LogP contribution in [-0.2, 0) is 10.4 Å². The summed E-state index contributed by atoms with van der Waals surface area (Å²) in [5.41, 5.74) is 1.21. The maximum atomic E-state index is 12.3. The van der Waals surface area contributed by atoms with E-state index in [1.807, 2.05) is 25.1 Å². The van der Waals surface area contributed by atoms with Crippen LogP contribution in [-0.4, -0.2) is 59.8 Å². The second-order valence-electron chi connectivity index (χ2n) is 7.77. The van der Waals surface area contributed by atoms with Crippen LogP contribution in [0.5, 0.6) is 0 Å². The predicted octanol–water partition coefficient (Wildman–Crippen LogP) is 2.09. The summed E-state index contributed by atoms with van der Waals surface area (Å²) in [6.45, 7) is 2.30. The van der Waals surface area contributed by atoms with E-state index in [1.165, 1.54) is 4.90 Å². The zero-order valence-electron chi connectivity index (χ0n) is 17.9. The van der Waals surface area contributed by atoms with Gasteiger partial charge in [-0.05, 0) is 37.3 Å². The molecule has 5 rings (SSSR count). The molecule has 5 heterocycles. The van der Waals surface area contributed by atoms with E-state index >= 15 is 0 Å². The number of carbonyl (C=O) groups excluding carboxylic acids is 1. The van der Waals surface area contributed by atoms with Crippen molar-refractivity contribution in [2.24, 2.45) is 0 Å². The fraction of sp³-hybridized carbons (Fsp3) is 0.227. The molecule has 0 saturated carbocycles. The van der Waals surface area contributed by atoms with Gasteiger partial charge in [0, 0.05) is 32.3 Å². The number of hydrogen-bond acceptors (Lipinski definition) is 10. The molecule has 0 radical (unpaired) electrons. The van der Waals surface area contributed by atoms with Crippen LogP contribution in [0.4, 0.5) is 11.8 Å². The van der Waals surface area contributed by atoms with Crippen molar-refractivity contribution in [3.05, 3.63) is 60.1 Å². The maximum Gasteiger partial charge on any atom is 0.262 e. The van der Waals surface area contributed by atoms with Crippen molar-refractivity contribution >= 4 is 17.7 Å². The summed E-state index contributed by atoms with van der Waals surface area (Å²) in [7, 11) is 1.64. The highest BCUT2D eigenvalue weighted by Gasteiger charge is 2.48. The van der Waals surface area contributed by atoms with Crippen LogP contribution in [0.25, 0.3) is 22.8 Å². The first-order chi connectivity index (χ1) is 15.9. The molecule has 1 saturated heterocycles. The standard InChI is InChI=1S/C22H20N8O3/c1-13-6-7-19(28-27-13)26-21-23-10-8-16(25-21)14-4-3-5-15(24-14)17-12-18(33-29-17)22(32)9-11-30(2)20(22)31/h3-8,10,12,32H,9,11H2,1-2H3,(H,23,25,26,28)/t22-/m1/s1. The molecular weight excluding hydrogens is 424 g/mol. The van der Waals surface area contributed by atoms with Crippen molar-refractivity contribution in [3.8, 4) is 22.8 Å². The molecule has 2 N–H and O–H groups in total. The summed E-state index contributed by atoms with van der Waals surface area (Å²) in [5.74, 6) is 0.574. The largest absolute Gasteiger partial charge is 0.373 e. The Kier molecular flexibility index (Phi) is 5.02. The van der Waals surface area contributed by atoms with E-state index in [9.17, 15) is 9.90 Å². The van der Waals surface area contributed by atoms with Gasteiger partial charge in [-0.3, -0.25) is 4.79 Å². The molecule has 1 atom stereocenters. The molecule has 0 unspecified atom stereocenters. The highest BCUT2D eigenvalue weighted by atomic mass is 16.5. The number of carbonyl (C=O) groups is 1. The van der Waals surface area contributed by atoms with Gasteiger partial charge in [-0.2, -0.15) is 5.10 Å². The Hall–Kier alpha value is -4.25. The number of aromatic nitrogens is 6. The van der Waals surface area contributed by atoms with E-state index in [4.69, 9.17) is 4.52 Å². The fourth-order valence-corrected chi connectivity index (χ4v) is 3.53. The van der Waals surface area contributed by atoms with Gasteiger partial charge < -0.3 is 19.8 Å². The predicted molar refractivity (Wildman–Crippen MR) is 117 cm³/mol. The van der Waals surface area contributed by atoms with E-state index in [-0.39, 0.29) is 12.2 Å². The highest BCUT2D eigenvalue weighted by molar-refractivity contribution is 5.87. The zero-order valence-corrected chi connectivity index (χ0v) is 17.9. The first kappa shape index (κ1) is 20.6. The van der Waals surface area contributed by atoms with Gasteiger partial charge in [-0.15, -0.1) is 5.10 Å². The first-order valence-corrected chi connectivity index (χ1v) is 10.3. The van der Waals surface area contributed by atoms with Crippen molar-refractivity contribution in [1.82, 2.24) is 35.2 Å². The molecule has 0 aliphatic carbocycles. The highest BCUT2D eigenvalue weighted by Crippen LogP contribution is 2.34. The lowest BCUT2D eigenvalue weighted by Crippen LogP contribution is -2.35. The lowest BCUT2D eigenvalue weighted by Gasteiger charge is -2.16.